The lowest BCUT2D eigenvalue weighted by molar-refractivity contribution is 0.332. The zero-order chi connectivity index (χ0) is 60.8. The van der Waals surface area contributed by atoms with Crippen molar-refractivity contribution in [1.82, 2.24) is 0 Å². The number of fused-ring (bicyclic) bond motifs is 9. The van der Waals surface area contributed by atoms with Crippen molar-refractivity contribution < 1.29 is 0 Å². The number of nitrogens with zero attached hydrogens (tertiary/aromatic N) is 3. The van der Waals surface area contributed by atoms with Crippen molar-refractivity contribution in [1.29, 1.82) is 0 Å². The van der Waals surface area contributed by atoms with Crippen LogP contribution in [0.4, 0.5) is 51.2 Å². The van der Waals surface area contributed by atoms with Crippen LogP contribution in [0.15, 0.2) is 140 Å². The predicted molar refractivity (Wildman–Crippen MR) is 374 cm³/mol. The fourth-order valence-electron chi connectivity index (χ4n) is 15.5. The average molecular weight is 1140 g/mol. The molecule has 4 aliphatic rings. The van der Waals surface area contributed by atoms with E-state index in [0.717, 1.165) is 29.9 Å². The molecule has 2 aliphatic heterocycles. The Morgan fingerprint density at radius 1 is 0.388 bits per heavy atom. The Morgan fingerprint density at radius 3 is 1.44 bits per heavy atom. The largest absolute Gasteiger partial charge is 0.311 e. The Kier molecular flexibility index (Phi) is 12.7. The van der Waals surface area contributed by atoms with E-state index in [1.807, 2.05) is 11.3 Å². The smallest absolute Gasteiger partial charge is 0.252 e. The van der Waals surface area contributed by atoms with Crippen LogP contribution in [0, 0.1) is 6.92 Å². The standard InChI is InChI=1S/C80H92BN3S/c1-48-38-59-61(78(16,17)37-36-77(59,14)15)45-65(48)84-67-46-62-60(79(18,19)47-80(62,20)21)44-64(67)81-63-34-31-56(82(53-27-22-49(23-28-53)73(2,3)4)54-29-24-50(25-30-54)74(5,6)7)43-66(63)83(68-39-52(76(11,12)13)40-69(84)72(68)81)55-32-35-70-58(42-55)57-33-26-51(75(8,9)10)41-71(57)85-70/h22-35,38-46H,36-37,47H2,1-21H3. The summed E-state index contributed by atoms with van der Waals surface area (Å²) in [6, 6.07) is 56.6. The van der Waals surface area contributed by atoms with E-state index in [4.69, 9.17) is 0 Å². The molecule has 0 radical (unpaired) electrons. The third kappa shape index (κ3) is 9.32. The number of hydrogen-bond acceptors (Lipinski definition) is 4. The highest BCUT2D eigenvalue weighted by Gasteiger charge is 2.49. The lowest BCUT2D eigenvalue weighted by atomic mass is 9.33. The molecule has 5 heteroatoms. The van der Waals surface area contributed by atoms with E-state index >= 15 is 0 Å². The number of anilines is 9. The fourth-order valence-corrected chi connectivity index (χ4v) is 16.7. The topological polar surface area (TPSA) is 9.72 Å². The molecule has 0 atom stereocenters. The molecule has 0 amide bonds. The van der Waals surface area contributed by atoms with Gasteiger partial charge in [0.2, 0.25) is 0 Å². The summed E-state index contributed by atoms with van der Waals surface area (Å²) < 4.78 is 2.66. The second kappa shape index (κ2) is 18.7. The first-order valence-electron chi connectivity index (χ1n) is 31.8. The Bertz CT molecular complexity index is 4150. The van der Waals surface area contributed by atoms with E-state index in [1.54, 1.807) is 0 Å². The van der Waals surface area contributed by atoms with Gasteiger partial charge in [-0.05, 0) is 221 Å². The number of aryl methyl sites for hydroxylation is 1. The summed E-state index contributed by atoms with van der Waals surface area (Å²) >= 11 is 1.92. The summed E-state index contributed by atoms with van der Waals surface area (Å²) in [6.45, 7) is 50.3. The summed E-state index contributed by atoms with van der Waals surface area (Å²) in [5.41, 5.74) is 27.8. The van der Waals surface area contributed by atoms with E-state index < -0.39 is 0 Å². The first-order valence-corrected chi connectivity index (χ1v) is 32.6. The maximum Gasteiger partial charge on any atom is 0.252 e. The molecule has 436 valence electrons. The van der Waals surface area contributed by atoms with Gasteiger partial charge in [0.05, 0.1) is 0 Å². The van der Waals surface area contributed by atoms with Gasteiger partial charge in [-0.25, -0.2) is 0 Å². The second-order valence-corrected chi connectivity index (χ2v) is 34.1. The van der Waals surface area contributed by atoms with Crippen molar-refractivity contribution in [3.8, 4) is 0 Å². The molecule has 9 aromatic rings. The van der Waals surface area contributed by atoms with E-state index in [0.29, 0.717) is 0 Å². The molecule has 0 N–H and O–H groups in total. The molecular weight excluding hydrogens is 1050 g/mol. The van der Waals surface area contributed by atoms with Crippen LogP contribution in [0.1, 0.15) is 208 Å². The van der Waals surface area contributed by atoms with Crippen molar-refractivity contribution in [3.63, 3.8) is 0 Å². The van der Waals surface area contributed by atoms with Crippen LogP contribution in [0.2, 0.25) is 0 Å². The first-order chi connectivity index (χ1) is 39.5. The zero-order valence-electron chi connectivity index (χ0n) is 55.2. The summed E-state index contributed by atoms with van der Waals surface area (Å²) in [7, 11) is 0. The van der Waals surface area contributed by atoms with Crippen LogP contribution >= 0.6 is 11.3 Å². The maximum absolute atomic E-state index is 2.76. The third-order valence-corrected chi connectivity index (χ3v) is 21.8. The van der Waals surface area contributed by atoms with Crippen molar-refractivity contribution in [3.05, 3.63) is 190 Å². The molecule has 1 aromatic heterocycles. The molecule has 0 saturated carbocycles. The second-order valence-electron chi connectivity index (χ2n) is 33.1. The van der Waals surface area contributed by atoms with Crippen molar-refractivity contribution >= 4 is 106 Å². The summed E-state index contributed by atoms with van der Waals surface area (Å²) in [6.07, 6.45) is 3.45. The number of thiophene rings is 1. The third-order valence-electron chi connectivity index (χ3n) is 20.6. The van der Waals surface area contributed by atoms with Gasteiger partial charge in [0.15, 0.2) is 0 Å². The molecule has 0 unspecified atom stereocenters. The molecule has 85 heavy (non-hydrogen) atoms. The number of rotatable bonds is 5. The molecule has 3 heterocycles. The molecule has 3 nitrogen and oxygen atoms in total. The Morgan fingerprint density at radius 2 is 0.871 bits per heavy atom. The van der Waals surface area contributed by atoms with Gasteiger partial charge in [0.25, 0.3) is 6.71 Å². The lowest BCUT2D eigenvalue weighted by Gasteiger charge is -2.47. The molecule has 0 fully saturated rings. The molecular formula is C80H92BN3S. The van der Waals surface area contributed by atoms with Crippen molar-refractivity contribution in [2.75, 3.05) is 14.7 Å². The normalized spacial score (nSPS) is 17.4. The Labute approximate surface area is 515 Å². The quantitative estimate of drug-likeness (QED) is 0.159. The summed E-state index contributed by atoms with van der Waals surface area (Å²) in [5, 5.41) is 2.63. The van der Waals surface area contributed by atoms with Crippen LogP contribution in [0.25, 0.3) is 20.2 Å². The highest BCUT2D eigenvalue weighted by Crippen LogP contribution is 2.56. The van der Waals surface area contributed by atoms with Crippen LogP contribution in [-0.2, 0) is 43.3 Å². The SMILES string of the molecule is Cc1cc2c(cc1N1c3cc4c(cc3B3c5ccc(N(c6ccc(C(C)(C)C)cc6)c6ccc(C(C)(C)C)cc6)cc5N(c5ccc6sc7cc(C(C)(C)C)ccc7c6c5)c5cc(C(C)(C)C)cc1c53)C(C)(C)CC4(C)C)C(C)(C)CCC2(C)C. The highest BCUT2D eigenvalue weighted by atomic mass is 32.1. The predicted octanol–water partition coefficient (Wildman–Crippen LogP) is 21.4. The molecule has 8 aromatic carbocycles. The highest BCUT2D eigenvalue weighted by molar-refractivity contribution is 7.25. The van der Waals surface area contributed by atoms with Crippen LogP contribution < -0.4 is 31.1 Å². The molecule has 0 spiro atoms. The summed E-state index contributed by atoms with van der Waals surface area (Å²) in [5.74, 6) is 0. The van der Waals surface area contributed by atoms with Gasteiger partial charge in [-0.2, -0.15) is 0 Å². The molecule has 2 aliphatic carbocycles. The van der Waals surface area contributed by atoms with Gasteiger partial charge in [0.1, 0.15) is 0 Å². The minimum Gasteiger partial charge on any atom is -0.311 e. The van der Waals surface area contributed by atoms with Gasteiger partial charge in [0, 0.05) is 71.4 Å². The van der Waals surface area contributed by atoms with Crippen molar-refractivity contribution in [2.45, 2.75) is 208 Å². The van der Waals surface area contributed by atoms with Crippen LogP contribution in [0.5, 0.6) is 0 Å². The molecule has 0 bridgehead atoms. The van der Waals surface area contributed by atoms with Gasteiger partial charge in [-0.3, -0.25) is 0 Å². The number of benzene rings is 8. The number of hydrogen-bond donors (Lipinski definition) is 0. The van der Waals surface area contributed by atoms with Gasteiger partial charge in [-0.1, -0.05) is 193 Å². The van der Waals surface area contributed by atoms with Crippen LogP contribution in [-0.4, -0.2) is 6.71 Å². The molecule has 13 rings (SSSR count). The monoisotopic (exact) mass is 1140 g/mol. The van der Waals surface area contributed by atoms with Gasteiger partial charge >= 0.3 is 0 Å². The average Bonchev–Trinajstić information content (AvgIpc) is 1.47. The van der Waals surface area contributed by atoms with Crippen molar-refractivity contribution in [2.24, 2.45) is 0 Å². The van der Waals surface area contributed by atoms with Gasteiger partial charge in [-0.15, -0.1) is 11.3 Å². The van der Waals surface area contributed by atoms with Gasteiger partial charge < -0.3 is 14.7 Å². The van der Waals surface area contributed by atoms with E-state index in [9.17, 15) is 0 Å². The van der Waals surface area contributed by atoms with Crippen LogP contribution in [0.3, 0.4) is 0 Å². The maximum atomic E-state index is 2.76. The Hall–Kier alpha value is -6.56. The minimum absolute atomic E-state index is 0.000565. The van der Waals surface area contributed by atoms with E-state index in [1.165, 1.54) is 127 Å². The lowest BCUT2D eigenvalue weighted by Crippen LogP contribution is -2.61. The summed E-state index contributed by atoms with van der Waals surface area (Å²) in [4.78, 5) is 7.95. The fraction of sp³-hybridized carbons (Fsp3) is 0.400. The zero-order valence-corrected chi connectivity index (χ0v) is 56.0. The van der Waals surface area contributed by atoms with E-state index in [2.05, 4.69) is 300 Å². The van der Waals surface area contributed by atoms with E-state index in [-0.39, 0.29) is 50.0 Å². The minimum atomic E-state index is -0.171. The molecule has 0 saturated heterocycles. The Balaban J connectivity index is 1.14. The first kappa shape index (κ1) is 57.5.